The largest absolute Gasteiger partial charge is 0.398 e. The van der Waals surface area contributed by atoms with Crippen LogP contribution in [0.25, 0.3) is 11.1 Å². The van der Waals surface area contributed by atoms with Crippen LogP contribution in [0.15, 0.2) is 30.5 Å². The Hall–Kier alpha value is -2.41. The van der Waals surface area contributed by atoms with E-state index in [4.69, 9.17) is 11.0 Å². The number of nitrogen functional groups attached to an aromatic ring is 1. The number of hydrogen-bond donors (Lipinski definition) is 1. The Morgan fingerprint density at radius 1 is 1.32 bits per heavy atom. The van der Waals surface area contributed by atoms with Crippen LogP contribution in [0.4, 0.5) is 10.1 Å². The Kier molecular flexibility index (Phi) is 3.48. The van der Waals surface area contributed by atoms with E-state index < -0.39 is 5.95 Å². The minimum absolute atomic E-state index is 0.193. The molecule has 1 aromatic carbocycles. The minimum Gasteiger partial charge on any atom is -0.398 e. The average molecular weight is 255 g/mol. The number of hydrogen-bond acceptors (Lipinski definition) is 3. The normalized spacial score (nSPS) is 10.5. The second kappa shape index (κ2) is 5.07. The topological polar surface area (TPSA) is 62.7 Å². The van der Waals surface area contributed by atoms with E-state index in [0.717, 1.165) is 5.56 Å². The molecular weight excluding hydrogens is 241 g/mol. The number of aromatic nitrogens is 1. The van der Waals surface area contributed by atoms with E-state index in [-0.39, 0.29) is 5.92 Å². The molecule has 0 aliphatic heterocycles. The molecule has 2 aromatic rings. The van der Waals surface area contributed by atoms with E-state index >= 15 is 0 Å². The standard InChI is InChI=1S/C15H14FN3/c1-9(2)12-5-10(8-17)6-13(15(12)18)11-3-4-19-14(16)7-11/h3-7,9H,18H2,1-2H3. The number of benzene rings is 1. The lowest BCUT2D eigenvalue weighted by Crippen LogP contribution is -2.01. The number of halogens is 1. The van der Waals surface area contributed by atoms with Gasteiger partial charge in [-0.25, -0.2) is 4.98 Å². The molecule has 3 nitrogen and oxygen atoms in total. The summed E-state index contributed by atoms with van der Waals surface area (Å²) in [6.07, 6.45) is 1.39. The molecule has 0 unspecified atom stereocenters. The van der Waals surface area contributed by atoms with Gasteiger partial charge in [-0.05, 0) is 35.2 Å². The van der Waals surface area contributed by atoms with E-state index in [0.29, 0.717) is 22.4 Å². The molecule has 0 amide bonds. The summed E-state index contributed by atoms with van der Waals surface area (Å²) in [5.41, 5.74) is 9.43. The van der Waals surface area contributed by atoms with E-state index in [1.54, 1.807) is 18.2 Å². The second-order valence-corrected chi connectivity index (χ2v) is 4.66. The fraction of sp³-hybridized carbons (Fsp3) is 0.200. The predicted molar refractivity (Wildman–Crippen MR) is 72.8 cm³/mol. The highest BCUT2D eigenvalue weighted by molar-refractivity contribution is 5.80. The van der Waals surface area contributed by atoms with Crippen molar-refractivity contribution in [1.29, 1.82) is 5.26 Å². The first-order chi connectivity index (χ1) is 9.02. The first-order valence-electron chi connectivity index (χ1n) is 5.98. The highest BCUT2D eigenvalue weighted by Crippen LogP contribution is 2.33. The zero-order valence-corrected chi connectivity index (χ0v) is 10.8. The van der Waals surface area contributed by atoms with Crippen molar-refractivity contribution in [2.24, 2.45) is 0 Å². The SMILES string of the molecule is CC(C)c1cc(C#N)cc(-c2ccnc(F)c2)c1N. The van der Waals surface area contributed by atoms with Gasteiger partial charge in [-0.3, -0.25) is 0 Å². The highest BCUT2D eigenvalue weighted by atomic mass is 19.1. The number of nitrogens with two attached hydrogens (primary N) is 1. The molecule has 4 heteroatoms. The molecule has 1 aromatic heterocycles. The summed E-state index contributed by atoms with van der Waals surface area (Å²) < 4.78 is 13.2. The van der Waals surface area contributed by atoms with Crippen molar-refractivity contribution in [2.75, 3.05) is 5.73 Å². The lowest BCUT2D eigenvalue weighted by molar-refractivity contribution is 0.584. The molecule has 0 bridgehead atoms. The molecule has 0 atom stereocenters. The van der Waals surface area contributed by atoms with Crippen molar-refractivity contribution in [3.8, 4) is 17.2 Å². The van der Waals surface area contributed by atoms with Crippen LogP contribution < -0.4 is 5.73 Å². The van der Waals surface area contributed by atoms with E-state index in [2.05, 4.69) is 11.1 Å². The second-order valence-electron chi connectivity index (χ2n) is 4.66. The van der Waals surface area contributed by atoms with Crippen molar-refractivity contribution in [1.82, 2.24) is 4.98 Å². The summed E-state index contributed by atoms with van der Waals surface area (Å²) >= 11 is 0. The smallest absolute Gasteiger partial charge is 0.213 e. The lowest BCUT2D eigenvalue weighted by Gasteiger charge is -2.14. The van der Waals surface area contributed by atoms with Gasteiger partial charge in [0.15, 0.2) is 0 Å². The lowest BCUT2D eigenvalue weighted by atomic mass is 9.92. The molecule has 96 valence electrons. The van der Waals surface area contributed by atoms with Crippen LogP contribution in [0.1, 0.15) is 30.9 Å². The molecule has 1 heterocycles. The third-order valence-electron chi connectivity index (χ3n) is 3.00. The van der Waals surface area contributed by atoms with Gasteiger partial charge in [-0.15, -0.1) is 0 Å². The van der Waals surface area contributed by atoms with Crippen molar-refractivity contribution in [2.45, 2.75) is 19.8 Å². The van der Waals surface area contributed by atoms with Gasteiger partial charge in [-0.2, -0.15) is 9.65 Å². The van der Waals surface area contributed by atoms with E-state index in [9.17, 15) is 4.39 Å². The fourth-order valence-corrected chi connectivity index (χ4v) is 2.03. The molecule has 0 aliphatic rings. The zero-order chi connectivity index (χ0) is 14.0. The number of nitriles is 1. The monoisotopic (exact) mass is 255 g/mol. The first kappa shape index (κ1) is 13.0. The molecule has 0 radical (unpaired) electrons. The predicted octanol–water partition coefficient (Wildman–Crippen LogP) is 3.46. The maximum atomic E-state index is 13.2. The van der Waals surface area contributed by atoms with Crippen LogP contribution >= 0.6 is 0 Å². The number of pyridine rings is 1. The van der Waals surface area contributed by atoms with Gasteiger partial charge < -0.3 is 5.73 Å². The Balaban J connectivity index is 2.69. The van der Waals surface area contributed by atoms with E-state index in [1.807, 2.05) is 13.8 Å². The number of nitrogens with zero attached hydrogens (tertiary/aromatic N) is 2. The van der Waals surface area contributed by atoms with Crippen LogP contribution in [-0.2, 0) is 0 Å². The van der Waals surface area contributed by atoms with Gasteiger partial charge in [0.05, 0.1) is 11.6 Å². The number of anilines is 1. The summed E-state index contributed by atoms with van der Waals surface area (Å²) in [6.45, 7) is 4.01. The molecule has 2 N–H and O–H groups in total. The average Bonchev–Trinajstić information content (AvgIpc) is 2.38. The number of rotatable bonds is 2. The molecule has 2 rings (SSSR count). The van der Waals surface area contributed by atoms with Crippen LogP contribution in [0.2, 0.25) is 0 Å². The van der Waals surface area contributed by atoms with Gasteiger partial charge in [0.2, 0.25) is 5.95 Å². The van der Waals surface area contributed by atoms with Gasteiger partial charge >= 0.3 is 0 Å². The van der Waals surface area contributed by atoms with Crippen LogP contribution in [0.5, 0.6) is 0 Å². The Labute approximate surface area is 111 Å². The van der Waals surface area contributed by atoms with Crippen LogP contribution in [-0.4, -0.2) is 4.98 Å². The van der Waals surface area contributed by atoms with Gasteiger partial charge in [-0.1, -0.05) is 13.8 Å². The van der Waals surface area contributed by atoms with Crippen LogP contribution in [0, 0.1) is 17.3 Å². The summed E-state index contributed by atoms with van der Waals surface area (Å²) in [5.74, 6) is -0.371. The summed E-state index contributed by atoms with van der Waals surface area (Å²) in [7, 11) is 0. The molecular formula is C15H14FN3. The van der Waals surface area contributed by atoms with E-state index in [1.165, 1.54) is 12.3 Å². The van der Waals surface area contributed by atoms with Crippen molar-refractivity contribution < 1.29 is 4.39 Å². The summed E-state index contributed by atoms with van der Waals surface area (Å²) in [6, 6.07) is 8.56. The Bertz CT molecular complexity index is 657. The fourth-order valence-electron chi connectivity index (χ4n) is 2.03. The van der Waals surface area contributed by atoms with Gasteiger partial charge in [0.1, 0.15) is 0 Å². The Morgan fingerprint density at radius 3 is 2.63 bits per heavy atom. The molecule has 0 aliphatic carbocycles. The third-order valence-corrected chi connectivity index (χ3v) is 3.00. The van der Waals surface area contributed by atoms with Crippen molar-refractivity contribution in [3.63, 3.8) is 0 Å². The quantitative estimate of drug-likeness (QED) is 0.660. The van der Waals surface area contributed by atoms with Gasteiger partial charge in [0, 0.05) is 23.5 Å². The van der Waals surface area contributed by atoms with Crippen molar-refractivity contribution in [3.05, 3.63) is 47.5 Å². The molecule has 0 saturated heterocycles. The maximum Gasteiger partial charge on any atom is 0.213 e. The van der Waals surface area contributed by atoms with Gasteiger partial charge in [0.25, 0.3) is 0 Å². The third kappa shape index (κ3) is 2.55. The Morgan fingerprint density at radius 2 is 2.05 bits per heavy atom. The molecule has 0 spiro atoms. The minimum atomic E-state index is -0.564. The maximum absolute atomic E-state index is 13.2. The van der Waals surface area contributed by atoms with Crippen LogP contribution in [0.3, 0.4) is 0 Å². The first-order valence-corrected chi connectivity index (χ1v) is 5.98. The molecule has 0 fully saturated rings. The highest BCUT2D eigenvalue weighted by Gasteiger charge is 2.13. The van der Waals surface area contributed by atoms with Crippen molar-refractivity contribution >= 4 is 5.69 Å². The summed E-state index contributed by atoms with van der Waals surface area (Å²) in [4.78, 5) is 3.52. The molecule has 0 saturated carbocycles. The molecule has 19 heavy (non-hydrogen) atoms. The summed E-state index contributed by atoms with van der Waals surface area (Å²) in [5, 5.41) is 9.08. The zero-order valence-electron chi connectivity index (χ0n) is 10.8.